The first-order valence-corrected chi connectivity index (χ1v) is 11.5. The topological polar surface area (TPSA) is 102 Å². The molecular formula is C21H23ClN6O3S. The minimum atomic E-state index is -0.230. The molecule has 1 N–H and O–H groups in total. The van der Waals surface area contributed by atoms with Crippen molar-refractivity contribution < 1.29 is 14.3 Å². The van der Waals surface area contributed by atoms with Gasteiger partial charge in [-0.3, -0.25) is 19.5 Å². The fourth-order valence-electron chi connectivity index (χ4n) is 3.32. The van der Waals surface area contributed by atoms with Crippen molar-refractivity contribution in [1.82, 2.24) is 24.8 Å². The number of hydrogen-bond acceptors (Lipinski definition) is 7. The summed E-state index contributed by atoms with van der Waals surface area (Å²) < 4.78 is 7.34. The molecule has 3 aromatic rings. The third-order valence-electron chi connectivity index (χ3n) is 5.04. The highest BCUT2D eigenvalue weighted by Crippen LogP contribution is 2.27. The van der Waals surface area contributed by atoms with Crippen molar-refractivity contribution in [1.29, 1.82) is 0 Å². The summed E-state index contributed by atoms with van der Waals surface area (Å²) in [6.07, 6.45) is 9.85. The van der Waals surface area contributed by atoms with E-state index < -0.39 is 0 Å². The molecule has 11 heteroatoms. The van der Waals surface area contributed by atoms with Crippen LogP contribution in [0, 0.1) is 5.92 Å². The molecule has 4 rings (SSSR count). The molecule has 2 amide bonds. The van der Waals surface area contributed by atoms with Crippen LogP contribution in [0.15, 0.2) is 43.2 Å². The zero-order chi connectivity index (χ0) is 22.3. The van der Waals surface area contributed by atoms with Crippen molar-refractivity contribution in [3.8, 4) is 0 Å². The van der Waals surface area contributed by atoms with E-state index in [9.17, 15) is 9.59 Å². The fraction of sp³-hybridized carbons (Fsp3) is 0.381. The molecule has 0 aromatic carbocycles. The molecule has 0 radical (unpaired) electrons. The number of carbonyl (C=O) groups is 2. The molecule has 1 unspecified atom stereocenters. The Morgan fingerprint density at radius 1 is 1.31 bits per heavy atom. The van der Waals surface area contributed by atoms with Crippen LogP contribution in [0.3, 0.4) is 0 Å². The number of amides is 2. The Labute approximate surface area is 194 Å². The van der Waals surface area contributed by atoms with Crippen molar-refractivity contribution in [3.05, 3.63) is 58.8 Å². The maximum atomic E-state index is 13.2. The first kappa shape index (κ1) is 22.4. The van der Waals surface area contributed by atoms with Crippen LogP contribution in [0.25, 0.3) is 0 Å². The van der Waals surface area contributed by atoms with Crippen molar-refractivity contribution >= 4 is 39.9 Å². The maximum absolute atomic E-state index is 13.2. The minimum absolute atomic E-state index is 0.0825. The molecule has 1 aliphatic rings. The summed E-state index contributed by atoms with van der Waals surface area (Å²) >= 11 is 7.12. The second-order valence-electron chi connectivity index (χ2n) is 7.37. The summed E-state index contributed by atoms with van der Waals surface area (Å²) in [5.74, 6) is -0.520. The van der Waals surface area contributed by atoms with Crippen LogP contribution < -0.4 is 10.2 Å². The van der Waals surface area contributed by atoms with E-state index in [4.69, 9.17) is 16.3 Å². The van der Waals surface area contributed by atoms with E-state index in [0.717, 1.165) is 13.0 Å². The van der Waals surface area contributed by atoms with Crippen LogP contribution in [-0.2, 0) is 22.6 Å². The van der Waals surface area contributed by atoms with E-state index in [0.29, 0.717) is 46.9 Å². The normalized spacial score (nSPS) is 15.6. The average Bonchev–Trinajstić information content (AvgIpc) is 3.58. The largest absolute Gasteiger partial charge is 0.381 e. The smallest absolute Gasteiger partial charge is 0.263 e. The van der Waals surface area contributed by atoms with Crippen LogP contribution in [0.4, 0.5) is 5.13 Å². The molecule has 3 aromatic heterocycles. The third kappa shape index (κ3) is 5.70. The van der Waals surface area contributed by atoms with Crippen LogP contribution in [0.2, 0.25) is 5.02 Å². The second-order valence-corrected chi connectivity index (χ2v) is 8.82. The van der Waals surface area contributed by atoms with Gasteiger partial charge >= 0.3 is 0 Å². The summed E-state index contributed by atoms with van der Waals surface area (Å²) in [7, 11) is 0. The number of anilines is 1. The maximum Gasteiger partial charge on any atom is 0.263 e. The van der Waals surface area contributed by atoms with Gasteiger partial charge in [-0.05, 0) is 25.0 Å². The Balaban J connectivity index is 1.42. The van der Waals surface area contributed by atoms with Crippen molar-refractivity contribution in [2.45, 2.75) is 25.9 Å². The van der Waals surface area contributed by atoms with Gasteiger partial charge in [0.15, 0.2) is 5.13 Å². The number of imidazole rings is 1. The van der Waals surface area contributed by atoms with Crippen LogP contribution >= 0.6 is 22.9 Å². The quantitative estimate of drug-likeness (QED) is 0.478. The van der Waals surface area contributed by atoms with E-state index in [2.05, 4.69) is 20.3 Å². The standard InChI is InChI=1S/C21H23ClN6O3S/c22-16-2-3-17(25-10-16)12-28(20(30)15-4-9-31-13-15)21-26-11-18(32-21)19(29)24-5-1-7-27-8-6-23-14-27/h2-3,6,8,10-11,14-15H,1,4-5,7,9,12-13H2,(H,24,29). The van der Waals surface area contributed by atoms with Crippen LogP contribution in [0.1, 0.15) is 28.2 Å². The molecule has 1 saturated heterocycles. The number of pyridine rings is 1. The highest BCUT2D eigenvalue weighted by Gasteiger charge is 2.31. The van der Waals surface area contributed by atoms with E-state index in [-0.39, 0.29) is 24.3 Å². The molecule has 1 fully saturated rings. The number of carbonyl (C=O) groups excluding carboxylic acids is 2. The number of nitrogens with one attached hydrogen (secondary N) is 1. The van der Waals surface area contributed by atoms with Gasteiger partial charge in [0, 0.05) is 38.3 Å². The number of aromatic nitrogens is 4. The van der Waals surface area contributed by atoms with Gasteiger partial charge in [-0.25, -0.2) is 9.97 Å². The molecule has 0 saturated carbocycles. The first-order valence-electron chi connectivity index (χ1n) is 10.3. The summed E-state index contributed by atoms with van der Waals surface area (Å²) in [4.78, 5) is 40.4. The lowest BCUT2D eigenvalue weighted by molar-refractivity contribution is -0.122. The molecule has 0 bridgehead atoms. The minimum Gasteiger partial charge on any atom is -0.381 e. The first-order chi connectivity index (χ1) is 15.6. The summed E-state index contributed by atoms with van der Waals surface area (Å²) in [5, 5.41) is 3.89. The van der Waals surface area contributed by atoms with E-state index >= 15 is 0 Å². The lowest BCUT2D eigenvalue weighted by atomic mass is 10.1. The number of nitrogens with zero attached hydrogens (tertiary/aromatic N) is 5. The molecule has 0 aliphatic carbocycles. The number of aryl methyl sites for hydroxylation is 1. The average molecular weight is 475 g/mol. The number of halogens is 1. The Morgan fingerprint density at radius 2 is 2.22 bits per heavy atom. The second kappa shape index (κ2) is 10.7. The molecule has 4 heterocycles. The molecule has 1 atom stereocenters. The van der Waals surface area contributed by atoms with Gasteiger partial charge in [0.05, 0.1) is 42.3 Å². The Kier molecular flexibility index (Phi) is 7.46. The lowest BCUT2D eigenvalue weighted by Crippen LogP contribution is -2.36. The van der Waals surface area contributed by atoms with Gasteiger partial charge < -0.3 is 14.6 Å². The predicted molar refractivity (Wildman–Crippen MR) is 121 cm³/mol. The van der Waals surface area contributed by atoms with Crippen LogP contribution in [0.5, 0.6) is 0 Å². The zero-order valence-electron chi connectivity index (χ0n) is 17.3. The summed E-state index contributed by atoms with van der Waals surface area (Å²) in [6, 6.07) is 3.50. The van der Waals surface area contributed by atoms with Gasteiger partial charge in [0.25, 0.3) is 5.91 Å². The molecule has 9 nitrogen and oxygen atoms in total. The predicted octanol–water partition coefficient (Wildman–Crippen LogP) is 2.78. The monoisotopic (exact) mass is 474 g/mol. The zero-order valence-corrected chi connectivity index (χ0v) is 18.9. The molecule has 168 valence electrons. The molecular weight excluding hydrogens is 452 g/mol. The molecule has 1 aliphatic heterocycles. The highest BCUT2D eigenvalue weighted by molar-refractivity contribution is 7.17. The van der Waals surface area contributed by atoms with E-state index in [1.807, 2.05) is 10.8 Å². The number of rotatable bonds is 9. The van der Waals surface area contributed by atoms with Crippen molar-refractivity contribution in [2.24, 2.45) is 5.92 Å². The Morgan fingerprint density at radius 3 is 2.94 bits per heavy atom. The van der Waals surface area contributed by atoms with Gasteiger partial charge in [-0.1, -0.05) is 22.9 Å². The van der Waals surface area contributed by atoms with Gasteiger partial charge in [-0.2, -0.15) is 0 Å². The Hall–Kier alpha value is -2.82. The third-order valence-corrected chi connectivity index (χ3v) is 6.28. The molecule has 32 heavy (non-hydrogen) atoms. The molecule has 0 spiro atoms. The van der Waals surface area contributed by atoms with E-state index in [1.165, 1.54) is 17.5 Å². The van der Waals surface area contributed by atoms with Crippen molar-refractivity contribution in [2.75, 3.05) is 24.7 Å². The summed E-state index contributed by atoms with van der Waals surface area (Å²) in [5.41, 5.74) is 0.683. The summed E-state index contributed by atoms with van der Waals surface area (Å²) in [6.45, 7) is 2.49. The number of ether oxygens (including phenoxy) is 1. The fourth-order valence-corrected chi connectivity index (χ4v) is 4.26. The van der Waals surface area contributed by atoms with Gasteiger partial charge in [0.2, 0.25) is 5.91 Å². The number of hydrogen-bond donors (Lipinski definition) is 1. The van der Waals surface area contributed by atoms with Crippen LogP contribution in [-0.4, -0.2) is 51.1 Å². The van der Waals surface area contributed by atoms with Gasteiger partial charge in [-0.15, -0.1) is 0 Å². The SMILES string of the molecule is O=C(NCCCn1ccnc1)c1cnc(N(Cc2ccc(Cl)cn2)C(=O)C2CCOC2)s1. The number of thiazole rings is 1. The van der Waals surface area contributed by atoms with Gasteiger partial charge in [0.1, 0.15) is 4.88 Å². The highest BCUT2D eigenvalue weighted by atomic mass is 35.5. The van der Waals surface area contributed by atoms with Crippen molar-refractivity contribution in [3.63, 3.8) is 0 Å². The lowest BCUT2D eigenvalue weighted by Gasteiger charge is -2.22. The Bertz CT molecular complexity index is 1030. The van der Waals surface area contributed by atoms with E-state index in [1.54, 1.807) is 35.8 Å².